The SMILES string of the molecule is Cc1ccc(CN(CCCn2ccnc2)C(=O)Nc2ccccc2)cc1. The van der Waals surface area contributed by atoms with E-state index in [9.17, 15) is 4.79 Å². The molecule has 0 aliphatic rings. The van der Waals surface area contributed by atoms with Crippen molar-refractivity contribution in [1.82, 2.24) is 14.5 Å². The number of imidazole rings is 1. The molecule has 2 amide bonds. The largest absolute Gasteiger partial charge is 0.337 e. The molecule has 2 aromatic carbocycles. The van der Waals surface area contributed by atoms with E-state index in [0.717, 1.165) is 24.2 Å². The van der Waals surface area contributed by atoms with Crippen LogP contribution in [0.3, 0.4) is 0 Å². The van der Waals surface area contributed by atoms with Crippen LogP contribution in [0.2, 0.25) is 0 Å². The number of aryl methyl sites for hydroxylation is 2. The minimum atomic E-state index is -0.0811. The molecular weight excluding hydrogens is 324 g/mol. The van der Waals surface area contributed by atoms with Crippen LogP contribution in [0.5, 0.6) is 0 Å². The highest BCUT2D eigenvalue weighted by Crippen LogP contribution is 2.12. The van der Waals surface area contributed by atoms with Crippen molar-refractivity contribution in [3.8, 4) is 0 Å². The first-order valence-electron chi connectivity index (χ1n) is 8.83. The molecule has 134 valence electrons. The first-order valence-corrected chi connectivity index (χ1v) is 8.83. The summed E-state index contributed by atoms with van der Waals surface area (Å²) in [5.41, 5.74) is 3.15. The van der Waals surface area contributed by atoms with Crippen molar-refractivity contribution in [2.75, 3.05) is 11.9 Å². The molecule has 5 heteroatoms. The van der Waals surface area contributed by atoms with Crippen LogP contribution in [0.25, 0.3) is 0 Å². The van der Waals surface area contributed by atoms with Gasteiger partial charge in [0.25, 0.3) is 0 Å². The summed E-state index contributed by atoms with van der Waals surface area (Å²) < 4.78 is 2.03. The van der Waals surface area contributed by atoms with E-state index >= 15 is 0 Å². The molecule has 3 aromatic rings. The number of nitrogens with zero attached hydrogens (tertiary/aromatic N) is 3. The lowest BCUT2D eigenvalue weighted by molar-refractivity contribution is 0.207. The number of para-hydroxylation sites is 1. The summed E-state index contributed by atoms with van der Waals surface area (Å²) in [6, 6.07) is 17.8. The Labute approximate surface area is 154 Å². The third-order valence-electron chi connectivity index (χ3n) is 4.21. The van der Waals surface area contributed by atoms with Crippen LogP contribution in [0.15, 0.2) is 73.3 Å². The third-order valence-corrected chi connectivity index (χ3v) is 4.21. The Morgan fingerprint density at radius 2 is 1.88 bits per heavy atom. The number of urea groups is 1. The minimum absolute atomic E-state index is 0.0811. The molecule has 0 fully saturated rings. The molecule has 1 heterocycles. The van der Waals surface area contributed by atoms with Crippen LogP contribution in [0, 0.1) is 6.92 Å². The molecule has 0 unspecified atom stereocenters. The van der Waals surface area contributed by atoms with Crippen LogP contribution in [0.4, 0.5) is 10.5 Å². The Kier molecular flexibility index (Phi) is 6.04. The second kappa shape index (κ2) is 8.85. The smallest absolute Gasteiger partial charge is 0.322 e. The van der Waals surface area contributed by atoms with Gasteiger partial charge >= 0.3 is 6.03 Å². The number of hydrogen-bond donors (Lipinski definition) is 1. The first-order chi connectivity index (χ1) is 12.7. The van der Waals surface area contributed by atoms with E-state index in [1.807, 2.05) is 46.0 Å². The van der Waals surface area contributed by atoms with Gasteiger partial charge in [-0.25, -0.2) is 9.78 Å². The summed E-state index contributed by atoms with van der Waals surface area (Å²) in [5, 5.41) is 2.99. The fraction of sp³-hybridized carbons (Fsp3) is 0.238. The number of hydrogen-bond acceptors (Lipinski definition) is 2. The summed E-state index contributed by atoms with van der Waals surface area (Å²) >= 11 is 0. The number of anilines is 1. The lowest BCUT2D eigenvalue weighted by atomic mass is 10.1. The molecular formula is C21H24N4O. The van der Waals surface area contributed by atoms with Crippen LogP contribution in [-0.2, 0) is 13.1 Å². The molecule has 0 bridgehead atoms. The van der Waals surface area contributed by atoms with E-state index < -0.39 is 0 Å². The highest BCUT2D eigenvalue weighted by molar-refractivity contribution is 5.89. The molecule has 3 rings (SSSR count). The van der Waals surface area contributed by atoms with E-state index in [0.29, 0.717) is 13.1 Å². The Bertz CT molecular complexity index is 798. The zero-order valence-electron chi connectivity index (χ0n) is 15.0. The van der Waals surface area contributed by atoms with Crippen LogP contribution in [0.1, 0.15) is 17.5 Å². The first kappa shape index (κ1) is 17.7. The van der Waals surface area contributed by atoms with Crippen molar-refractivity contribution in [3.05, 3.63) is 84.4 Å². The molecule has 26 heavy (non-hydrogen) atoms. The van der Waals surface area contributed by atoms with E-state index in [-0.39, 0.29) is 6.03 Å². The highest BCUT2D eigenvalue weighted by atomic mass is 16.2. The van der Waals surface area contributed by atoms with Crippen molar-refractivity contribution in [1.29, 1.82) is 0 Å². The molecule has 5 nitrogen and oxygen atoms in total. The summed E-state index contributed by atoms with van der Waals surface area (Å²) in [4.78, 5) is 18.7. The average Bonchev–Trinajstić information content (AvgIpc) is 3.17. The average molecular weight is 348 g/mol. The Balaban J connectivity index is 1.65. The molecule has 0 aliphatic carbocycles. The van der Waals surface area contributed by atoms with Crippen LogP contribution in [-0.4, -0.2) is 27.0 Å². The maximum absolute atomic E-state index is 12.8. The van der Waals surface area contributed by atoms with E-state index in [2.05, 4.69) is 41.5 Å². The molecule has 0 aliphatic heterocycles. The molecule has 1 N–H and O–H groups in total. The topological polar surface area (TPSA) is 50.2 Å². The Morgan fingerprint density at radius 3 is 2.58 bits per heavy atom. The lowest BCUT2D eigenvalue weighted by Crippen LogP contribution is -2.35. The van der Waals surface area contributed by atoms with Crippen molar-refractivity contribution in [2.45, 2.75) is 26.4 Å². The van der Waals surface area contributed by atoms with Crippen molar-refractivity contribution >= 4 is 11.7 Å². The lowest BCUT2D eigenvalue weighted by Gasteiger charge is -2.23. The molecule has 0 radical (unpaired) electrons. The third kappa shape index (κ3) is 5.21. The van der Waals surface area contributed by atoms with E-state index in [4.69, 9.17) is 0 Å². The number of amides is 2. The quantitative estimate of drug-likeness (QED) is 0.691. The number of benzene rings is 2. The molecule has 1 aromatic heterocycles. The standard InChI is InChI=1S/C21H24N4O/c1-18-8-10-19(11-9-18)16-25(14-5-13-24-15-12-22-17-24)21(26)23-20-6-3-2-4-7-20/h2-4,6-12,15,17H,5,13-14,16H2,1H3,(H,23,26). The van der Waals surface area contributed by atoms with Gasteiger partial charge < -0.3 is 14.8 Å². The molecule has 0 spiro atoms. The number of carbonyl (C=O) groups excluding carboxylic acids is 1. The van der Waals surface area contributed by atoms with E-state index in [1.54, 1.807) is 12.5 Å². The van der Waals surface area contributed by atoms with Gasteiger partial charge in [-0.2, -0.15) is 0 Å². The minimum Gasteiger partial charge on any atom is -0.337 e. The van der Waals surface area contributed by atoms with Crippen molar-refractivity contribution in [3.63, 3.8) is 0 Å². The highest BCUT2D eigenvalue weighted by Gasteiger charge is 2.14. The van der Waals surface area contributed by atoms with Gasteiger partial charge in [-0.15, -0.1) is 0 Å². The second-order valence-electron chi connectivity index (χ2n) is 6.36. The van der Waals surface area contributed by atoms with Crippen molar-refractivity contribution in [2.24, 2.45) is 0 Å². The number of carbonyl (C=O) groups is 1. The maximum Gasteiger partial charge on any atom is 0.322 e. The van der Waals surface area contributed by atoms with Gasteiger partial charge in [-0.05, 0) is 31.0 Å². The summed E-state index contributed by atoms with van der Waals surface area (Å²) in [6.45, 7) is 4.16. The fourth-order valence-corrected chi connectivity index (χ4v) is 2.75. The monoisotopic (exact) mass is 348 g/mol. The number of aromatic nitrogens is 2. The summed E-state index contributed by atoms with van der Waals surface area (Å²) in [6.07, 6.45) is 6.37. The number of nitrogens with one attached hydrogen (secondary N) is 1. The van der Waals surface area contributed by atoms with Gasteiger partial charge in [-0.1, -0.05) is 48.0 Å². The summed E-state index contributed by atoms with van der Waals surface area (Å²) in [5.74, 6) is 0. The van der Waals surface area contributed by atoms with Gasteiger partial charge in [0.15, 0.2) is 0 Å². The number of rotatable bonds is 7. The summed E-state index contributed by atoms with van der Waals surface area (Å²) in [7, 11) is 0. The fourth-order valence-electron chi connectivity index (χ4n) is 2.75. The van der Waals surface area contributed by atoms with Gasteiger partial charge in [0.1, 0.15) is 0 Å². The van der Waals surface area contributed by atoms with Crippen LogP contribution < -0.4 is 5.32 Å². The molecule has 0 saturated heterocycles. The Hall–Kier alpha value is -3.08. The van der Waals surface area contributed by atoms with Gasteiger partial charge in [0, 0.05) is 37.7 Å². The zero-order valence-corrected chi connectivity index (χ0v) is 15.0. The zero-order chi connectivity index (χ0) is 18.2. The molecule has 0 saturated carbocycles. The predicted molar refractivity (Wildman–Crippen MR) is 104 cm³/mol. The second-order valence-corrected chi connectivity index (χ2v) is 6.36. The maximum atomic E-state index is 12.8. The molecule has 0 atom stereocenters. The predicted octanol–water partition coefficient (Wildman–Crippen LogP) is 4.32. The van der Waals surface area contributed by atoms with Gasteiger partial charge in [0.05, 0.1) is 6.33 Å². The Morgan fingerprint density at radius 1 is 1.12 bits per heavy atom. The van der Waals surface area contributed by atoms with Gasteiger partial charge in [0.2, 0.25) is 0 Å². The van der Waals surface area contributed by atoms with E-state index in [1.165, 1.54) is 5.56 Å². The van der Waals surface area contributed by atoms with Crippen molar-refractivity contribution < 1.29 is 4.79 Å². The van der Waals surface area contributed by atoms with Crippen LogP contribution >= 0.6 is 0 Å². The normalized spacial score (nSPS) is 10.5. The van der Waals surface area contributed by atoms with Gasteiger partial charge in [-0.3, -0.25) is 0 Å².